The Balaban J connectivity index is 1.91. The summed E-state index contributed by atoms with van der Waals surface area (Å²) in [5, 5.41) is 2.88. The fraction of sp³-hybridized carbons (Fsp3) is 0.474. The van der Waals surface area contributed by atoms with Gasteiger partial charge in [0.1, 0.15) is 11.5 Å². The Bertz CT molecular complexity index is 655. The number of allylic oxidation sites excluding steroid dienone is 1. The number of carbonyl (C=O) groups excluding carboxylic acids is 2. The maximum atomic E-state index is 12.2. The number of amides is 2. The normalized spacial score (nSPS) is 15.0. The van der Waals surface area contributed by atoms with Crippen LogP contribution in [0.1, 0.15) is 49.4 Å². The zero-order valence-corrected chi connectivity index (χ0v) is 14.8. The lowest BCUT2D eigenvalue weighted by Crippen LogP contribution is -2.37. The highest BCUT2D eigenvalue weighted by Crippen LogP contribution is 2.25. The molecule has 3 N–H and O–H groups in total. The first-order valence-corrected chi connectivity index (χ1v) is 8.61. The lowest BCUT2D eigenvalue weighted by molar-refractivity contribution is -0.127. The molecule has 25 heavy (non-hydrogen) atoms. The van der Waals surface area contributed by atoms with Gasteiger partial charge in [0, 0.05) is 12.6 Å². The largest absolute Gasteiger partial charge is 0.497 e. The number of ether oxygens (including phenoxy) is 2. The van der Waals surface area contributed by atoms with Gasteiger partial charge >= 0.3 is 0 Å². The number of benzene rings is 1. The highest BCUT2D eigenvalue weighted by atomic mass is 16.5. The molecule has 0 heterocycles. The Morgan fingerprint density at radius 2 is 2.12 bits per heavy atom. The molecule has 0 saturated carbocycles. The van der Waals surface area contributed by atoms with E-state index in [1.54, 1.807) is 19.1 Å². The minimum atomic E-state index is -0.745. The predicted octanol–water partition coefficient (Wildman–Crippen LogP) is 2.57. The van der Waals surface area contributed by atoms with E-state index in [0.29, 0.717) is 12.3 Å². The van der Waals surface area contributed by atoms with Crippen molar-refractivity contribution in [2.24, 2.45) is 5.73 Å². The van der Waals surface area contributed by atoms with E-state index in [-0.39, 0.29) is 17.2 Å². The molecule has 0 unspecified atom stereocenters. The van der Waals surface area contributed by atoms with Gasteiger partial charge < -0.3 is 20.5 Å². The van der Waals surface area contributed by atoms with Crippen LogP contribution in [0.15, 0.2) is 29.8 Å². The van der Waals surface area contributed by atoms with Crippen LogP contribution in [-0.4, -0.2) is 31.6 Å². The summed E-state index contributed by atoms with van der Waals surface area (Å²) in [5.74, 6) is -0.0783. The molecule has 136 valence electrons. The average molecular weight is 346 g/mol. The van der Waals surface area contributed by atoms with Crippen molar-refractivity contribution in [2.45, 2.75) is 45.1 Å². The van der Waals surface area contributed by atoms with Gasteiger partial charge in [0.05, 0.1) is 12.7 Å². The molecule has 0 fully saturated rings. The molecule has 2 rings (SSSR count). The second-order valence-electron chi connectivity index (χ2n) is 6.14. The molecule has 1 atom stereocenters. The SMILES string of the molecule is COc1ccc(C(N)=O)c(O[C@@H](C)C(=O)NCCC2=CCCCC2)c1. The Morgan fingerprint density at radius 3 is 2.76 bits per heavy atom. The third-order valence-electron chi connectivity index (χ3n) is 4.26. The summed E-state index contributed by atoms with van der Waals surface area (Å²) >= 11 is 0. The fourth-order valence-electron chi connectivity index (χ4n) is 2.80. The van der Waals surface area contributed by atoms with E-state index in [1.165, 1.54) is 31.6 Å². The van der Waals surface area contributed by atoms with Crippen molar-refractivity contribution in [3.8, 4) is 11.5 Å². The molecule has 6 heteroatoms. The number of methoxy groups -OCH3 is 1. The molecule has 1 aromatic carbocycles. The molecule has 2 amide bonds. The number of nitrogens with one attached hydrogen (secondary N) is 1. The molecule has 0 aromatic heterocycles. The number of hydrogen-bond donors (Lipinski definition) is 2. The van der Waals surface area contributed by atoms with Crippen molar-refractivity contribution in [2.75, 3.05) is 13.7 Å². The molecule has 0 spiro atoms. The predicted molar refractivity (Wildman–Crippen MR) is 95.8 cm³/mol. The standard InChI is InChI=1S/C19H26N2O4/c1-13(19(23)21-11-10-14-6-4-3-5-7-14)25-17-12-15(24-2)8-9-16(17)18(20)22/h6,8-9,12-13H,3-5,7,10-11H2,1-2H3,(H2,20,22)(H,21,23)/t13-/m0/s1. The molecular formula is C19H26N2O4. The second kappa shape index (κ2) is 9.11. The van der Waals surface area contributed by atoms with Crippen LogP contribution < -0.4 is 20.5 Å². The van der Waals surface area contributed by atoms with E-state index >= 15 is 0 Å². The lowest BCUT2D eigenvalue weighted by Gasteiger charge is -2.18. The van der Waals surface area contributed by atoms with Crippen LogP contribution in [0.2, 0.25) is 0 Å². The third kappa shape index (κ3) is 5.52. The summed E-state index contributed by atoms with van der Waals surface area (Å²) in [6.45, 7) is 2.22. The Labute approximate surface area is 148 Å². The first-order valence-electron chi connectivity index (χ1n) is 8.61. The van der Waals surface area contributed by atoms with Crippen LogP contribution >= 0.6 is 0 Å². The summed E-state index contributed by atoms with van der Waals surface area (Å²) in [4.78, 5) is 23.7. The van der Waals surface area contributed by atoms with E-state index in [0.717, 1.165) is 19.3 Å². The molecule has 0 radical (unpaired) electrons. The number of rotatable bonds is 8. The Morgan fingerprint density at radius 1 is 1.32 bits per heavy atom. The Hall–Kier alpha value is -2.50. The summed E-state index contributed by atoms with van der Waals surface area (Å²) < 4.78 is 10.8. The zero-order valence-electron chi connectivity index (χ0n) is 14.8. The van der Waals surface area contributed by atoms with Gasteiger partial charge in [-0.3, -0.25) is 9.59 Å². The molecule has 1 aromatic rings. The maximum absolute atomic E-state index is 12.2. The summed E-state index contributed by atoms with van der Waals surface area (Å²) in [6.07, 6.45) is 7.12. The lowest BCUT2D eigenvalue weighted by atomic mass is 9.97. The van der Waals surface area contributed by atoms with Crippen LogP contribution in [-0.2, 0) is 4.79 Å². The van der Waals surface area contributed by atoms with Crippen LogP contribution in [0.25, 0.3) is 0 Å². The van der Waals surface area contributed by atoms with E-state index in [4.69, 9.17) is 15.2 Å². The fourth-order valence-corrected chi connectivity index (χ4v) is 2.80. The van der Waals surface area contributed by atoms with Gasteiger partial charge in [-0.1, -0.05) is 11.6 Å². The molecule has 1 aliphatic rings. The van der Waals surface area contributed by atoms with Crippen molar-refractivity contribution in [3.05, 3.63) is 35.4 Å². The first-order chi connectivity index (χ1) is 12.0. The summed E-state index contributed by atoms with van der Waals surface area (Å²) in [7, 11) is 1.51. The van der Waals surface area contributed by atoms with Crippen molar-refractivity contribution >= 4 is 11.8 Å². The van der Waals surface area contributed by atoms with Crippen molar-refractivity contribution in [1.82, 2.24) is 5.32 Å². The Kier molecular flexibility index (Phi) is 6.86. The van der Waals surface area contributed by atoms with Gasteiger partial charge in [-0.25, -0.2) is 0 Å². The molecule has 6 nitrogen and oxygen atoms in total. The highest BCUT2D eigenvalue weighted by molar-refractivity contribution is 5.96. The van der Waals surface area contributed by atoms with Gasteiger partial charge in [0.15, 0.2) is 6.10 Å². The summed E-state index contributed by atoms with van der Waals surface area (Å²) in [5.41, 5.74) is 6.98. The van der Waals surface area contributed by atoms with Crippen molar-refractivity contribution < 1.29 is 19.1 Å². The van der Waals surface area contributed by atoms with Gasteiger partial charge in [-0.2, -0.15) is 0 Å². The monoisotopic (exact) mass is 346 g/mol. The number of nitrogens with two attached hydrogens (primary N) is 1. The minimum Gasteiger partial charge on any atom is -0.497 e. The zero-order chi connectivity index (χ0) is 18.2. The van der Waals surface area contributed by atoms with Crippen LogP contribution in [0.3, 0.4) is 0 Å². The van der Waals surface area contributed by atoms with Gasteiger partial charge in [0.2, 0.25) is 0 Å². The molecule has 0 aliphatic heterocycles. The molecule has 0 saturated heterocycles. The average Bonchev–Trinajstić information content (AvgIpc) is 2.62. The number of primary amides is 1. The second-order valence-corrected chi connectivity index (χ2v) is 6.14. The quantitative estimate of drug-likeness (QED) is 0.708. The van der Waals surface area contributed by atoms with E-state index in [9.17, 15) is 9.59 Å². The van der Waals surface area contributed by atoms with E-state index in [2.05, 4.69) is 11.4 Å². The summed E-state index contributed by atoms with van der Waals surface area (Å²) in [6, 6.07) is 4.70. The highest BCUT2D eigenvalue weighted by Gasteiger charge is 2.18. The van der Waals surface area contributed by atoms with Crippen LogP contribution in [0.4, 0.5) is 0 Å². The van der Waals surface area contributed by atoms with E-state index < -0.39 is 12.0 Å². The molecular weight excluding hydrogens is 320 g/mol. The molecule has 0 bridgehead atoms. The van der Waals surface area contributed by atoms with Gasteiger partial charge in [-0.15, -0.1) is 0 Å². The third-order valence-corrected chi connectivity index (χ3v) is 4.26. The van der Waals surface area contributed by atoms with Crippen LogP contribution in [0.5, 0.6) is 11.5 Å². The molecule has 1 aliphatic carbocycles. The van der Waals surface area contributed by atoms with Crippen molar-refractivity contribution in [3.63, 3.8) is 0 Å². The topological polar surface area (TPSA) is 90.7 Å². The van der Waals surface area contributed by atoms with Gasteiger partial charge in [0.25, 0.3) is 11.8 Å². The number of carbonyl (C=O) groups is 2. The van der Waals surface area contributed by atoms with E-state index in [1.807, 2.05) is 0 Å². The number of hydrogen-bond acceptors (Lipinski definition) is 4. The van der Waals surface area contributed by atoms with Crippen LogP contribution in [0, 0.1) is 0 Å². The maximum Gasteiger partial charge on any atom is 0.260 e. The van der Waals surface area contributed by atoms with Gasteiger partial charge in [-0.05, 0) is 51.2 Å². The minimum absolute atomic E-state index is 0.216. The smallest absolute Gasteiger partial charge is 0.260 e. The van der Waals surface area contributed by atoms with Crippen molar-refractivity contribution in [1.29, 1.82) is 0 Å². The first kappa shape index (κ1) is 18.8.